The summed E-state index contributed by atoms with van der Waals surface area (Å²) in [7, 11) is 4.36. The molecule has 4 heteroatoms. The van der Waals surface area contributed by atoms with Crippen LogP contribution in [0.5, 0.6) is 11.5 Å². The summed E-state index contributed by atoms with van der Waals surface area (Å²) in [6.07, 6.45) is 7.52. The maximum absolute atomic E-state index is 11.4. The van der Waals surface area contributed by atoms with E-state index in [1.165, 1.54) is 55.5 Å². The topological polar surface area (TPSA) is 46.7 Å². The van der Waals surface area contributed by atoms with E-state index in [1.807, 2.05) is 30.3 Å². The first-order valence-corrected chi connectivity index (χ1v) is 17.7. The van der Waals surface area contributed by atoms with E-state index in [9.17, 15) is 10.2 Å². The zero-order valence-electron chi connectivity index (χ0n) is 29.7. The van der Waals surface area contributed by atoms with Crippen LogP contribution in [0.25, 0.3) is 43.1 Å². The summed E-state index contributed by atoms with van der Waals surface area (Å²) in [5.74, 6) is 0.403. The Hall–Kier alpha value is -5.87. The lowest BCUT2D eigenvalue weighted by atomic mass is 9.75. The molecule has 9 rings (SSSR count). The summed E-state index contributed by atoms with van der Waals surface area (Å²) in [6.45, 7) is 7.00. The Morgan fingerprint density at radius 1 is 0.667 bits per heavy atom. The number of hydrogen-bond donors (Lipinski definition) is 2. The van der Waals surface area contributed by atoms with Crippen LogP contribution >= 0.6 is 0 Å². The lowest BCUT2D eigenvalue weighted by Crippen LogP contribution is -2.29. The molecule has 4 nitrogen and oxygen atoms in total. The minimum atomic E-state index is -0.373. The largest absolute Gasteiger partial charge is 0.507 e. The number of anilines is 1. The number of allylic oxidation sites excluding steroid dienone is 4. The summed E-state index contributed by atoms with van der Waals surface area (Å²) in [5, 5.41) is 30.2. The third kappa shape index (κ3) is 4.49. The number of fused-ring (bicyclic) bond motifs is 7. The monoisotopic (exact) mass is 665 g/mol. The number of benzene rings is 7. The second kappa shape index (κ2) is 11.1. The van der Waals surface area contributed by atoms with Crippen LogP contribution in [-0.4, -0.2) is 34.6 Å². The molecule has 0 bridgehead atoms. The number of hydrogen-bond acceptors (Lipinski definition) is 3. The number of likely N-dealkylation sites (N-methyl/N-ethyl adjacent to an activating group) is 1. The van der Waals surface area contributed by atoms with Gasteiger partial charge in [-0.05, 0) is 90.2 Å². The van der Waals surface area contributed by atoms with Gasteiger partial charge in [0.2, 0.25) is 5.69 Å². The van der Waals surface area contributed by atoms with Gasteiger partial charge < -0.3 is 15.1 Å². The molecule has 1 unspecified atom stereocenters. The molecule has 0 saturated heterocycles. The highest BCUT2D eigenvalue weighted by atomic mass is 16.3. The van der Waals surface area contributed by atoms with E-state index in [0.717, 1.165) is 5.56 Å². The van der Waals surface area contributed by atoms with Gasteiger partial charge in [-0.25, -0.2) is 0 Å². The van der Waals surface area contributed by atoms with Crippen molar-refractivity contribution in [3.8, 4) is 11.5 Å². The van der Waals surface area contributed by atoms with Crippen molar-refractivity contribution in [1.29, 1.82) is 0 Å². The molecular formula is C47H41N2O2+. The van der Waals surface area contributed by atoms with Crippen molar-refractivity contribution in [2.24, 2.45) is 0 Å². The molecule has 2 aliphatic heterocycles. The fourth-order valence-electron chi connectivity index (χ4n) is 9.19. The number of phenolic OH excluding ortho intramolecular Hbond substituents is 2. The van der Waals surface area contributed by atoms with Crippen molar-refractivity contribution in [3.05, 3.63) is 156 Å². The lowest BCUT2D eigenvalue weighted by molar-refractivity contribution is -0.401. The highest BCUT2D eigenvalue weighted by molar-refractivity contribution is 6.11. The van der Waals surface area contributed by atoms with E-state index in [1.54, 1.807) is 0 Å². The number of phenols is 2. The first-order chi connectivity index (χ1) is 24.6. The maximum Gasteiger partial charge on any atom is 0.210 e. The standard InChI is InChI=1S/C47H40N2O2/c1-46(2)41(48(4)39-24-22-30-13-8-9-16-33(30)43(39)46)19-12-20-42-47(3,38-26-31-14-6-7-15-32(31)27-40(38)49(42)5)28-29-21-23-36-37(25-29)45(51)35-18-11-10-17-34(35)44(36)50/h6-27H,28H2,1-5H3,(H-,50,51)/p+1. The summed E-state index contributed by atoms with van der Waals surface area (Å²) >= 11 is 0. The van der Waals surface area contributed by atoms with Crippen molar-refractivity contribution in [2.45, 2.75) is 38.0 Å². The summed E-state index contributed by atoms with van der Waals surface area (Å²) in [6, 6.07) is 40.0. The zero-order valence-corrected chi connectivity index (χ0v) is 29.7. The Morgan fingerprint density at radius 3 is 2.00 bits per heavy atom. The van der Waals surface area contributed by atoms with Gasteiger partial charge in [0.1, 0.15) is 18.5 Å². The van der Waals surface area contributed by atoms with Crippen molar-refractivity contribution >= 4 is 60.2 Å². The van der Waals surface area contributed by atoms with Gasteiger partial charge in [-0.3, -0.25) is 0 Å². The second-order valence-electron chi connectivity index (χ2n) is 15.1. The van der Waals surface area contributed by atoms with Crippen LogP contribution in [0.15, 0.2) is 139 Å². The fraction of sp³-hybridized carbons (Fsp3) is 0.170. The van der Waals surface area contributed by atoms with Gasteiger partial charge in [-0.1, -0.05) is 91.0 Å². The summed E-state index contributed by atoms with van der Waals surface area (Å²) < 4.78 is 2.34. The van der Waals surface area contributed by atoms with Crippen LogP contribution in [0.2, 0.25) is 0 Å². The number of rotatable bonds is 4. The van der Waals surface area contributed by atoms with Crippen LogP contribution in [0.4, 0.5) is 11.4 Å². The average Bonchev–Trinajstić information content (AvgIpc) is 3.46. The lowest BCUT2D eigenvalue weighted by Gasteiger charge is -2.29. The van der Waals surface area contributed by atoms with Crippen molar-refractivity contribution in [1.82, 2.24) is 0 Å². The molecule has 0 amide bonds. The van der Waals surface area contributed by atoms with E-state index in [2.05, 4.69) is 147 Å². The second-order valence-corrected chi connectivity index (χ2v) is 15.1. The molecule has 51 heavy (non-hydrogen) atoms. The first kappa shape index (κ1) is 31.1. The molecule has 7 aromatic rings. The third-order valence-electron chi connectivity index (χ3n) is 11.7. The first-order valence-electron chi connectivity index (χ1n) is 17.7. The number of nitrogens with zero attached hydrogens (tertiary/aromatic N) is 2. The molecule has 1 atom stereocenters. The maximum atomic E-state index is 11.4. The highest BCUT2D eigenvalue weighted by Gasteiger charge is 2.45. The van der Waals surface area contributed by atoms with E-state index in [0.29, 0.717) is 28.0 Å². The molecular weight excluding hydrogens is 625 g/mol. The van der Waals surface area contributed by atoms with Gasteiger partial charge in [0.05, 0.1) is 5.41 Å². The van der Waals surface area contributed by atoms with Gasteiger partial charge in [-0.2, -0.15) is 4.58 Å². The van der Waals surface area contributed by atoms with E-state index < -0.39 is 0 Å². The zero-order chi connectivity index (χ0) is 35.2. The Balaban J connectivity index is 1.16. The molecule has 250 valence electrons. The minimum absolute atomic E-state index is 0.172. The summed E-state index contributed by atoms with van der Waals surface area (Å²) in [5.41, 5.74) is 8.11. The van der Waals surface area contributed by atoms with E-state index in [4.69, 9.17) is 0 Å². The van der Waals surface area contributed by atoms with Crippen LogP contribution in [0, 0.1) is 0 Å². The van der Waals surface area contributed by atoms with Crippen LogP contribution < -0.4 is 4.90 Å². The van der Waals surface area contributed by atoms with Crippen LogP contribution in [-0.2, 0) is 17.3 Å². The molecule has 0 aliphatic carbocycles. The van der Waals surface area contributed by atoms with Gasteiger partial charge in [0.25, 0.3) is 0 Å². The molecule has 0 aromatic heterocycles. The molecule has 0 fully saturated rings. The smallest absolute Gasteiger partial charge is 0.210 e. The Labute approximate surface area is 298 Å². The van der Waals surface area contributed by atoms with Crippen molar-refractivity contribution in [2.75, 3.05) is 19.0 Å². The van der Waals surface area contributed by atoms with Crippen molar-refractivity contribution < 1.29 is 14.8 Å². The minimum Gasteiger partial charge on any atom is -0.507 e. The Morgan fingerprint density at radius 2 is 1.27 bits per heavy atom. The quantitative estimate of drug-likeness (QED) is 0.112. The summed E-state index contributed by atoms with van der Waals surface area (Å²) in [4.78, 5) is 2.35. The highest BCUT2D eigenvalue weighted by Crippen LogP contribution is 2.51. The normalized spacial score (nSPS) is 19.0. The predicted octanol–water partition coefficient (Wildman–Crippen LogP) is 10.8. The molecule has 2 aliphatic rings. The number of aromatic hydroxyl groups is 2. The Bertz CT molecular complexity index is 2710. The molecule has 0 saturated carbocycles. The molecule has 0 spiro atoms. The van der Waals surface area contributed by atoms with E-state index in [-0.39, 0.29) is 22.3 Å². The Kier molecular flexibility index (Phi) is 6.76. The van der Waals surface area contributed by atoms with Gasteiger partial charge in [0.15, 0.2) is 5.71 Å². The molecule has 2 heterocycles. The van der Waals surface area contributed by atoms with Gasteiger partial charge >= 0.3 is 0 Å². The van der Waals surface area contributed by atoms with Crippen LogP contribution in [0.1, 0.15) is 37.5 Å². The van der Waals surface area contributed by atoms with Crippen molar-refractivity contribution in [3.63, 3.8) is 0 Å². The van der Waals surface area contributed by atoms with Gasteiger partial charge in [0, 0.05) is 63.1 Å². The predicted molar refractivity (Wildman–Crippen MR) is 213 cm³/mol. The molecule has 2 N–H and O–H groups in total. The van der Waals surface area contributed by atoms with E-state index >= 15 is 0 Å². The average molecular weight is 666 g/mol. The molecule has 7 aromatic carbocycles. The fourth-order valence-corrected chi connectivity index (χ4v) is 9.19. The molecule has 0 radical (unpaired) electrons. The van der Waals surface area contributed by atoms with Gasteiger partial charge in [-0.15, -0.1) is 0 Å². The SMILES string of the molecule is CN1C(=CC=CC2=[N+](C)c3ccc4ccccc4c3C2(C)C)C(C)(Cc2ccc3c(O)c4ccccc4c(O)c3c2)c2cc3ccccc3cc21. The van der Waals surface area contributed by atoms with Crippen LogP contribution in [0.3, 0.4) is 0 Å². The third-order valence-corrected chi connectivity index (χ3v) is 11.7.